The van der Waals surface area contributed by atoms with Gasteiger partial charge in [0.25, 0.3) is 0 Å². The van der Waals surface area contributed by atoms with E-state index in [0.29, 0.717) is 18.6 Å². The molecule has 0 saturated heterocycles. The molecule has 2 aromatic rings. The van der Waals surface area contributed by atoms with E-state index in [2.05, 4.69) is 5.32 Å². The SMILES string of the molecule is C[C@@H](C(=O)NC1CCCCC1)N(Cc1ccccc1F)C(=O)CCCOc1ccccc1. The number of amides is 2. The maximum atomic E-state index is 14.3. The van der Waals surface area contributed by atoms with E-state index in [1.807, 2.05) is 30.3 Å². The summed E-state index contributed by atoms with van der Waals surface area (Å²) in [5.41, 5.74) is 0.402. The zero-order chi connectivity index (χ0) is 22.8. The molecule has 32 heavy (non-hydrogen) atoms. The summed E-state index contributed by atoms with van der Waals surface area (Å²) in [6.45, 7) is 2.17. The third-order valence-corrected chi connectivity index (χ3v) is 5.96. The molecule has 6 heteroatoms. The van der Waals surface area contributed by atoms with Crippen LogP contribution in [0.1, 0.15) is 57.4 Å². The van der Waals surface area contributed by atoms with Gasteiger partial charge >= 0.3 is 0 Å². The van der Waals surface area contributed by atoms with E-state index < -0.39 is 6.04 Å². The van der Waals surface area contributed by atoms with Gasteiger partial charge in [0, 0.05) is 24.6 Å². The van der Waals surface area contributed by atoms with Crippen LogP contribution < -0.4 is 10.1 Å². The molecule has 1 N–H and O–H groups in total. The highest BCUT2D eigenvalue weighted by Crippen LogP contribution is 2.19. The molecule has 0 aromatic heterocycles. The lowest BCUT2D eigenvalue weighted by Crippen LogP contribution is -2.50. The fourth-order valence-electron chi connectivity index (χ4n) is 4.04. The fraction of sp³-hybridized carbons (Fsp3) is 0.462. The van der Waals surface area contributed by atoms with Crippen molar-refractivity contribution in [1.82, 2.24) is 10.2 Å². The fourth-order valence-corrected chi connectivity index (χ4v) is 4.04. The number of nitrogens with zero attached hydrogens (tertiary/aromatic N) is 1. The van der Waals surface area contributed by atoms with E-state index >= 15 is 0 Å². The Kier molecular flexibility index (Phi) is 9.08. The van der Waals surface area contributed by atoms with Crippen molar-refractivity contribution in [2.24, 2.45) is 0 Å². The highest BCUT2D eigenvalue weighted by molar-refractivity contribution is 5.87. The maximum Gasteiger partial charge on any atom is 0.242 e. The van der Waals surface area contributed by atoms with E-state index in [0.717, 1.165) is 31.4 Å². The monoisotopic (exact) mass is 440 g/mol. The third kappa shape index (κ3) is 7.08. The summed E-state index contributed by atoms with van der Waals surface area (Å²) in [5, 5.41) is 3.09. The Balaban J connectivity index is 1.61. The van der Waals surface area contributed by atoms with Crippen molar-refractivity contribution in [1.29, 1.82) is 0 Å². The molecule has 3 rings (SSSR count). The number of ether oxygens (including phenoxy) is 1. The Morgan fingerprint density at radius 2 is 1.75 bits per heavy atom. The lowest BCUT2D eigenvalue weighted by atomic mass is 9.95. The van der Waals surface area contributed by atoms with Gasteiger partial charge in [-0.3, -0.25) is 9.59 Å². The first-order chi connectivity index (χ1) is 15.5. The Hall–Kier alpha value is -2.89. The molecule has 0 spiro atoms. The second-order valence-corrected chi connectivity index (χ2v) is 8.40. The summed E-state index contributed by atoms with van der Waals surface area (Å²) in [7, 11) is 0. The highest BCUT2D eigenvalue weighted by atomic mass is 19.1. The van der Waals surface area contributed by atoms with Gasteiger partial charge < -0.3 is 15.0 Å². The van der Waals surface area contributed by atoms with Crippen LogP contribution in [0.15, 0.2) is 54.6 Å². The highest BCUT2D eigenvalue weighted by Gasteiger charge is 2.28. The van der Waals surface area contributed by atoms with Crippen LogP contribution in [0, 0.1) is 5.82 Å². The van der Waals surface area contributed by atoms with Crippen LogP contribution in [-0.4, -0.2) is 35.4 Å². The second kappa shape index (κ2) is 12.2. The van der Waals surface area contributed by atoms with Crippen LogP contribution in [0.2, 0.25) is 0 Å². The summed E-state index contributed by atoms with van der Waals surface area (Å²) < 4.78 is 20.0. The van der Waals surface area contributed by atoms with Crippen molar-refractivity contribution in [3.05, 3.63) is 66.0 Å². The minimum Gasteiger partial charge on any atom is -0.494 e. The molecular weight excluding hydrogens is 407 g/mol. The van der Waals surface area contributed by atoms with Crippen molar-refractivity contribution in [2.75, 3.05) is 6.61 Å². The summed E-state index contributed by atoms with van der Waals surface area (Å²) in [5.74, 6) is 0.0133. The van der Waals surface area contributed by atoms with Crippen LogP contribution in [0.25, 0.3) is 0 Å². The number of hydrogen-bond acceptors (Lipinski definition) is 3. The minimum atomic E-state index is -0.681. The van der Waals surface area contributed by atoms with Gasteiger partial charge in [-0.2, -0.15) is 0 Å². The molecule has 1 fully saturated rings. The lowest BCUT2D eigenvalue weighted by molar-refractivity contribution is -0.141. The molecule has 2 amide bonds. The van der Waals surface area contributed by atoms with E-state index in [-0.39, 0.29) is 36.6 Å². The number of benzene rings is 2. The van der Waals surface area contributed by atoms with Crippen LogP contribution in [0.5, 0.6) is 5.75 Å². The average molecular weight is 441 g/mol. The molecule has 172 valence electrons. The first-order valence-corrected chi connectivity index (χ1v) is 11.6. The second-order valence-electron chi connectivity index (χ2n) is 8.40. The number of carbonyl (C=O) groups excluding carboxylic acids is 2. The van der Waals surface area contributed by atoms with Crippen LogP contribution in [0.4, 0.5) is 4.39 Å². The number of carbonyl (C=O) groups is 2. The molecule has 2 aromatic carbocycles. The van der Waals surface area contributed by atoms with Crippen molar-refractivity contribution < 1.29 is 18.7 Å². The first kappa shape index (κ1) is 23.8. The van der Waals surface area contributed by atoms with Crippen LogP contribution in [0.3, 0.4) is 0 Å². The summed E-state index contributed by atoms with van der Waals surface area (Å²) in [6.07, 6.45) is 6.09. The molecule has 0 aliphatic heterocycles. The molecule has 0 radical (unpaired) electrons. The molecule has 0 heterocycles. The van der Waals surface area contributed by atoms with E-state index in [4.69, 9.17) is 4.74 Å². The molecule has 5 nitrogen and oxygen atoms in total. The lowest BCUT2D eigenvalue weighted by Gasteiger charge is -2.31. The summed E-state index contributed by atoms with van der Waals surface area (Å²) in [6, 6.07) is 15.3. The molecule has 0 unspecified atom stereocenters. The van der Waals surface area contributed by atoms with Gasteiger partial charge in [-0.25, -0.2) is 4.39 Å². The van der Waals surface area contributed by atoms with Gasteiger partial charge in [0.15, 0.2) is 0 Å². The largest absolute Gasteiger partial charge is 0.494 e. The van der Waals surface area contributed by atoms with Crippen molar-refractivity contribution in [3.8, 4) is 5.75 Å². The molecular formula is C26H33FN2O3. The van der Waals surface area contributed by atoms with Crippen LogP contribution >= 0.6 is 0 Å². The predicted octanol–water partition coefficient (Wildman–Crippen LogP) is 4.85. The minimum absolute atomic E-state index is 0.0598. The van der Waals surface area contributed by atoms with Crippen LogP contribution in [-0.2, 0) is 16.1 Å². The van der Waals surface area contributed by atoms with Gasteiger partial charge in [-0.1, -0.05) is 55.7 Å². The molecule has 1 aliphatic carbocycles. The number of para-hydroxylation sites is 1. The maximum absolute atomic E-state index is 14.3. The van der Waals surface area contributed by atoms with E-state index in [1.165, 1.54) is 17.4 Å². The Bertz CT molecular complexity index is 868. The van der Waals surface area contributed by atoms with Gasteiger partial charge in [-0.15, -0.1) is 0 Å². The zero-order valence-electron chi connectivity index (χ0n) is 18.8. The normalized spacial score (nSPS) is 15.1. The number of hydrogen-bond donors (Lipinski definition) is 1. The molecule has 1 atom stereocenters. The van der Waals surface area contributed by atoms with E-state index in [9.17, 15) is 14.0 Å². The molecule has 0 bridgehead atoms. The van der Waals surface area contributed by atoms with Gasteiger partial charge in [0.1, 0.15) is 17.6 Å². The average Bonchev–Trinajstić information content (AvgIpc) is 2.82. The van der Waals surface area contributed by atoms with Gasteiger partial charge in [0.05, 0.1) is 6.61 Å². The first-order valence-electron chi connectivity index (χ1n) is 11.6. The van der Waals surface area contributed by atoms with Gasteiger partial charge in [0.2, 0.25) is 11.8 Å². The van der Waals surface area contributed by atoms with Gasteiger partial charge in [-0.05, 0) is 44.4 Å². The Morgan fingerprint density at radius 3 is 2.47 bits per heavy atom. The number of rotatable bonds is 10. The van der Waals surface area contributed by atoms with E-state index in [1.54, 1.807) is 25.1 Å². The number of halogens is 1. The Morgan fingerprint density at radius 1 is 1.06 bits per heavy atom. The van der Waals surface area contributed by atoms with Crippen molar-refractivity contribution >= 4 is 11.8 Å². The topological polar surface area (TPSA) is 58.6 Å². The summed E-state index contributed by atoms with van der Waals surface area (Å²) >= 11 is 0. The third-order valence-electron chi connectivity index (χ3n) is 5.96. The molecule has 1 saturated carbocycles. The van der Waals surface area contributed by atoms with Crippen molar-refractivity contribution in [2.45, 2.75) is 70.5 Å². The number of nitrogens with one attached hydrogen (secondary N) is 1. The quantitative estimate of drug-likeness (QED) is 0.537. The molecule has 1 aliphatic rings. The summed E-state index contributed by atoms with van der Waals surface area (Å²) in [4.78, 5) is 27.5. The van der Waals surface area contributed by atoms with Crippen molar-refractivity contribution in [3.63, 3.8) is 0 Å². The predicted molar refractivity (Wildman–Crippen MR) is 123 cm³/mol. The standard InChI is InChI=1S/C26H33FN2O3/c1-20(26(31)28-22-12-4-2-5-13-22)29(19-21-11-8-9-16-24(21)27)25(30)17-10-18-32-23-14-6-3-7-15-23/h3,6-9,11,14-16,20,22H,2,4-5,10,12-13,17-19H2,1H3,(H,28,31)/t20-/m0/s1. The zero-order valence-corrected chi connectivity index (χ0v) is 18.8. The Labute approximate surface area is 190 Å². The smallest absolute Gasteiger partial charge is 0.242 e.